The van der Waals surface area contributed by atoms with Crippen LogP contribution in [-0.4, -0.2) is 62.2 Å². The second kappa shape index (κ2) is 8.60. The van der Waals surface area contributed by atoms with Crippen LogP contribution in [-0.2, 0) is 4.74 Å². The van der Waals surface area contributed by atoms with Crippen LogP contribution < -0.4 is 10.2 Å². The summed E-state index contributed by atoms with van der Waals surface area (Å²) in [6.45, 7) is 4.82. The molecule has 0 aliphatic carbocycles. The van der Waals surface area contributed by atoms with Gasteiger partial charge in [0.1, 0.15) is 5.69 Å². The predicted octanol–water partition coefficient (Wildman–Crippen LogP) is 1.91. The maximum absolute atomic E-state index is 12.4. The lowest BCUT2D eigenvalue weighted by Gasteiger charge is -2.26. The summed E-state index contributed by atoms with van der Waals surface area (Å²) in [5, 5.41) is 2.95. The molecule has 2 heterocycles. The third kappa shape index (κ3) is 4.78. The smallest absolute Gasteiger partial charge is 0.269 e. The lowest BCUT2D eigenvalue weighted by molar-refractivity contribution is 0.0383. The van der Waals surface area contributed by atoms with Crippen LogP contribution in [0.25, 0.3) is 0 Å². The van der Waals surface area contributed by atoms with Gasteiger partial charge in [-0.15, -0.1) is 0 Å². The number of benzene rings is 1. The molecule has 0 atom stereocenters. The van der Waals surface area contributed by atoms with Crippen molar-refractivity contribution in [3.63, 3.8) is 0 Å². The van der Waals surface area contributed by atoms with Crippen LogP contribution in [0.2, 0.25) is 0 Å². The van der Waals surface area contributed by atoms with Crippen LogP contribution in [0.1, 0.15) is 10.5 Å². The minimum absolute atomic E-state index is 0.142. The van der Waals surface area contributed by atoms with Gasteiger partial charge in [-0.25, -0.2) is 0 Å². The quantitative estimate of drug-likeness (QED) is 0.871. The molecule has 1 aromatic heterocycles. The lowest BCUT2D eigenvalue weighted by Crippen LogP contribution is -2.41. The molecule has 1 aromatic carbocycles. The molecule has 0 spiro atoms. The van der Waals surface area contributed by atoms with E-state index in [1.165, 1.54) is 0 Å². The summed E-state index contributed by atoms with van der Waals surface area (Å²) in [6, 6.07) is 13.7. The van der Waals surface area contributed by atoms with Crippen molar-refractivity contribution in [2.45, 2.75) is 0 Å². The molecule has 0 unspecified atom stereocenters. The van der Waals surface area contributed by atoms with E-state index in [0.29, 0.717) is 12.2 Å². The molecule has 0 radical (unpaired) electrons. The fourth-order valence-corrected chi connectivity index (χ4v) is 2.80. The number of ether oxygens (including phenoxy) is 1. The Hall–Kier alpha value is -2.44. The highest BCUT2D eigenvalue weighted by Crippen LogP contribution is 2.22. The normalized spacial score (nSPS) is 14.9. The minimum Gasteiger partial charge on any atom is -0.379 e. The van der Waals surface area contributed by atoms with E-state index in [1.807, 2.05) is 54.4 Å². The molecule has 3 rings (SSSR count). The fraction of sp³-hybridized carbons (Fsp3) is 0.368. The number of hydrogen-bond donors (Lipinski definition) is 1. The number of pyridine rings is 1. The second-order valence-electron chi connectivity index (χ2n) is 6.00. The van der Waals surface area contributed by atoms with Crippen molar-refractivity contribution in [2.24, 2.45) is 0 Å². The van der Waals surface area contributed by atoms with Gasteiger partial charge in [-0.05, 0) is 24.3 Å². The van der Waals surface area contributed by atoms with Crippen LogP contribution in [0.4, 0.5) is 11.4 Å². The highest BCUT2D eigenvalue weighted by molar-refractivity contribution is 5.93. The van der Waals surface area contributed by atoms with Gasteiger partial charge in [-0.1, -0.05) is 18.2 Å². The molecule has 25 heavy (non-hydrogen) atoms. The molecule has 1 N–H and O–H groups in total. The molecule has 1 saturated heterocycles. The predicted molar refractivity (Wildman–Crippen MR) is 98.3 cm³/mol. The molecule has 1 amide bonds. The summed E-state index contributed by atoms with van der Waals surface area (Å²) < 4.78 is 5.32. The Morgan fingerprint density at radius 1 is 1.20 bits per heavy atom. The zero-order chi connectivity index (χ0) is 17.5. The van der Waals surface area contributed by atoms with E-state index >= 15 is 0 Å². The Balaban J connectivity index is 1.57. The number of nitrogens with one attached hydrogen (secondary N) is 1. The average molecular weight is 340 g/mol. The van der Waals surface area contributed by atoms with Gasteiger partial charge < -0.3 is 15.0 Å². The third-order valence-electron chi connectivity index (χ3n) is 4.32. The first-order valence-corrected chi connectivity index (χ1v) is 8.57. The number of para-hydroxylation sites is 1. The third-order valence-corrected chi connectivity index (χ3v) is 4.32. The van der Waals surface area contributed by atoms with E-state index in [0.717, 1.165) is 44.2 Å². The van der Waals surface area contributed by atoms with Gasteiger partial charge in [0.25, 0.3) is 5.91 Å². The number of anilines is 2. The van der Waals surface area contributed by atoms with E-state index in [4.69, 9.17) is 4.74 Å². The van der Waals surface area contributed by atoms with Gasteiger partial charge in [0.15, 0.2) is 0 Å². The fourth-order valence-electron chi connectivity index (χ4n) is 2.80. The van der Waals surface area contributed by atoms with Gasteiger partial charge in [-0.3, -0.25) is 14.7 Å². The highest BCUT2D eigenvalue weighted by atomic mass is 16.5. The Morgan fingerprint density at radius 3 is 2.72 bits per heavy atom. The standard InChI is InChI=1S/C19H24N4O2/c1-22(16-5-3-2-4-6-16)17-7-8-20-18(15-17)19(24)21-9-10-23-11-13-25-14-12-23/h2-8,15H,9-14H2,1H3,(H,21,24). The largest absolute Gasteiger partial charge is 0.379 e. The first-order chi connectivity index (χ1) is 12.2. The number of morpholine rings is 1. The molecule has 1 aliphatic heterocycles. The van der Waals surface area contributed by atoms with Crippen molar-refractivity contribution < 1.29 is 9.53 Å². The van der Waals surface area contributed by atoms with E-state index in [1.54, 1.807) is 6.20 Å². The number of nitrogens with zero attached hydrogens (tertiary/aromatic N) is 3. The molecule has 1 aliphatic rings. The zero-order valence-corrected chi connectivity index (χ0v) is 14.5. The topological polar surface area (TPSA) is 57.7 Å². The van der Waals surface area contributed by atoms with Crippen LogP contribution in [0.5, 0.6) is 0 Å². The van der Waals surface area contributed by atoms with Crippen LogP contribution in [0.15, 0.2) is 48.7 Å². The highest BCUT2D eigenvalue weighted by Gasteiger charge is 2.13. The summed E-state index contributed by atoms with van der Waals surface area (Å²) in [4.78, 5) is 20.9. The van der Waals surface area contributed by atoms with Crippen molar-refractivity contribution in [1.82, 2.24) is 15.2 Å². The Bertz CT molecular complexity index is 687. The molecule has 6 heteroatoms. The number of carbonyl (C=O) groups is 1. The number of carbonyl (C=O) groups excluding carboxylic acids is 1. The van der Waals surface area contributed by atoms with Gasteiger partial charge in [-0.2, -0.15) is 0 Å². The summed E-state index contributed by atoms with van der Waals surface area (Å²) in [6.07, 6.45) is 1.67. The van der Waals surface area contributed by atoms with E-state index in [-0.39, 0.29) is 5.91 Å². The molecular formula is C19H24N4O2. The lowest BCUT2D eigenvalue weighted by atomic mass is 10.2. The van der Waals surface area contributed by atoms with Crippen LogP contribution in [0, 0.1) is 0 Å². The van der Waals surface area contributed by atoms with Gasteiger partial charge in [0, 0.05) is 50.8 Å². The van der Waals surface area contributed by atoms with Crippen molar-refractivity contribution >= 4 is 17.3 Å². The van der Waals surface area contributed by atoms with Crippen molar-refractivity contribution in [1.29, 1.82) is 0 Å². The Labute approximate surface area is 148 Å². The number of aromatic nitrogens is 1. The Morgan fingerprint density at radius 2 is 1.96 bits per heavy atom. The molecule has 0 saturated carbocycles. The molecule has 1 fully saturated rings. The molecule has 0 bridgehead atoms. The van der Waals surface area contributed by atoms with E-state index < -0.39 is 0 Å². The van der Waals surface area contributed by atoms with Gasteiger partial charge >= 0.3 is 0 Å². The summed E-state index contributed by atoms with van der Waals surface area (Å²) >= 11 is 0. The van der Waals surface area contributed by atoms with Crippen LogP contribution in [0.3, 0.4) is 0 Å². The molecule has 2 aromatic rings. The molecule has 132 valence electrons. The zero-order valence-electron chi connectivity index (χ0n) is 14.5. The summed E-state index contributed by atoms with van der Waals surface area (Å²) in [5.74, 6) is -0.142. The van der Waals surface area contributed by atoms with Crippen molar-refractivity contribution in [2.75, 3.05) is 51.3 Å². The minimum atomic E-state index is -0.142. The average Bonchev–Trinajstić information content (AvgIpc) is 2.69. The van der Waals surface area contributed by atoms with Gasteiger partial charge in [0.2, 0.25) is 0 Å². The summed E-state index contributed by atoms with van der Waals surface area (Å²) in [7, 11) is 1.98. The first kappa shape index (κ1) is 17.4. The van der Waals surface area contributed by atoms with Crippen LogP contribution >= 0.6 is 0 Å². The van der Waals surface area contributed by atoms with Gasteiger partial charge in [0.05, 0.1) is 13.2 Å². The van der Waals surface area contributed by atoms with E-state index in [9.17, 15) is 4.79 Å². The molecular weight excluding hydrogens is 316 g/mol. The first-order valence-electron chi connectivity index (χ1n) is 8.57. The second-order valence-corrected chi connectivity index (χ2v) is 6.00. The monoisotopic (exact) mass is 340 g/mol. The maximum Gasteiger partial charge on any atom is 0.269 e. The summed E-state index contributed by atoms with van der Waals surface area (Å²) in [5.41, 5.74) is 2.43. The SMILES string of the molecule is CN(c1ccccc1)c1ccnc(C(=O)NCCN2CCOCC2)c1. The molecule has 6 nitrogen and oxygen atoms in total. The Kier molecular flexibility index (Phi) is 5.98. The number of rotatable bonds is 6. The van der Waals surface area contributed by atoms with Crippen molar-refractivity contribution in [3.8, 4) is 0 Å². The number of hydrogen-bond acceptors (Lipinski definition) is 5. The van der Waals surface area contributed by atoms with E-state index in [2.05, 4.69) is 15.2 Å². The maximum atomic E-state index is 12.4. The number of amides is 1. The van der Waals surface area contributed by atoms with Crippen molar-refractivity contribution in [3.05, 3.63) is 54.4 Å².